The van der Waals surface area contributed by atoms with Crippen LogP contribution in [0.4, 0.5) is 4.39 Å². The monoisotopic (exact) mass is 392 g/mol. The molecule has 2 aromatic carbocycles. The first-order valence-corrected chi connectivity index (χ1v) is 9.44. The summed E-state index contributed by atoms with van der Waals surface area (Å²) in [7, 11) is 1.60. The molecule has 26 heavy (non-hydrogen) atoms. The molecule has 0 amide bonds. The van der Waals surface area contributed by atoms with Crippen molar-refractivity contribution in [3.05, 3.63) is 69.2 Å². The van der Waals surface area contributed by atoms with E-state index in [0.29, 0.717) is 33.4 Å². The van der Waals surface area contributed by atoms with E-state index in [4.69, 9.17) is 16.3 Å². The zero-order valence-electron chi connectivity index (χ0n) is 14.4. The second kappa shape index (κ2) is 8.20. The molecule has 4 nitrogen and oxygen atoms in total. The van der Waals surface area contributed by atoms with Crippen molar-refractivity contribution in [2.24, 2.45) is 0 Å². The third-order valence-corrected chi connectivity index (χ3v) is 5.35. The lowest BCUT2D eigenvalue weighted by atomic mass is 10.2. The number of halogens is 2. The molecule has 136 valence electrons. The molecule has 0 bridgehead atoms. The van der Waals surface area contributed by atoms with E-state index in [9.17, 15) is 9.18 Å². The lowest BCUT2D eigenvalue weighted by molar-refractivity contribution is 0.156. The summed E-state index contributed by atoms with van der Waals surface area (Å²) in [6.07, 6.45) is 0. The zero-order valence-corrected chi connectivity index (χ0v) is 16.0. The smallest absolute Gasteiger partial charge is 0.262 e. The van der Waals surface area contributed by atoms with Gasteiger partial charge in [-0.05, 0) is 36.8 Å². The maximum Gasteiger partial charge on any atom is 0.262 e. The number of aromatic nitrogens is 2. The Morgan fingerprint density at radius 2 is 2.08 bits per heavy atom. The molecule has 0 aliphatic carbocycles. The molecule has 0 spiro atoms. The van der Waals surface area contributed by atoms with Crippen LogP contribution in [-0.4, -0.2) is 23.3 Å². The molecule has 0 aliphatic rings. The van der Waals surface area contributed by atoms with Crippen LogP contribution in [-0.2, 0) is 10.5 Å². The number of rotatable bonds is 6. The van der Waals surface area contributed by atoms with Gasteiger partial charge >= 0.3 is 0 Å². The Labute approximate surface area is 160 Å². The molecule has 1 unspecified atom stereocenters. The van der Waals surface area contributed by atoms with Gasteiger partial charge in [-0.15, -0.1) is 0 Å². The lowest BCUT2D eigenvalue weighted by Gasteiger charge is -2.19. The van der Waals surface area contributed by atoms with Crippen LogP contribution < -0.4 is 5.56 Å². The van der Waals surface area contributed by atoms with Gasteiger partial charge in [0.05, 0.1) is 23.6 Å². The minimum absolute atomic E-state index is 0.104. The molecule has 1 aromatic heterocycles. The number of hydrogen-bond donors (Lipinski definition) is 0. The molecule has 1 atom stereocenters. The number of benzene rings is 2. The Morgan fingerprint density at radius 1 is 1.31 bits per heavy atom. The highest BCUT2D eigenvalue weighted by atomic mass is 35.5. The van der Waals surface area contributed by atoms with E-state index in [0.717, 1.165) is 5.56 Å². The molecule has 0 fully saturated rings. The average Bonchev–Trinajstić information content (AvgIpc) is 2.61. The van der Waals surface area contributed by atoms with Crippen molar-refractivity contribution in [3.63, 3.8) is 0 Å². The first-order chi connectivity index (χ1) is 12.5. The highest BCUT2D eigenvalue weighted by Gasteiger charge is 2.17. The molecule has 0 radical (unpaired) electrons. The molecule has 0 saturated carbocycles. The summed E-state index contributed by atoms with van der Waals surface area (Å²) in [6.45, 7) is 2.31. The molecule has 1 heterocycles. The second-order valence-corrected chi connectivity index (χ2v) is 7.27. The van der Waals surface area contributed by atoms with Crippen molar-refractivity contribution < 1.29 is 9.13 Å². The standard InChI is InChI=1S/C19H18ClFN2O2S/c1-12(10-25-2)23-18(24)15-5-3-4-6-17(15)22-19(23)26-11-13-7-8-14(21)9-16(13)20/h3-9,12H,10-11H2,1-2H3. The Bertz CT molecular complexity index is 993. The number of fused-ring (bicyclic) bond motifs is 1. The Morgan fingerprint density at radius 3 is 2.81 bits per heavy atom. The van der Waals surface area contributed by atoms with E-state index >= 15 is 0 Å². The maximum atomic E-state index is 13.2. The molecular weight excluding hydrogens is 375 g/mol. The van der Waals surface area contributed by atoms with Crippen LogP contribution in [0, 0.1) is 5.82 Å². The molecular formula is C19H18ClFN2O2S. The van der Waals surface area contributed by atoms with Crippen molar-refractivity contribution in [1.29, 1.82) is 0 Å². The quantitative estimate of drug-likeness (QED) is 0.451. The molecule has 7 heteroatoms. The highest BCUT2D eigenvalue weighted by Crippen LogP contribution is 2.28. The van der Waals surface area contributed by atoms with Crippen molar-refractivity contribution in [2.45, 2.75) is 23.9 Å². The van der Waals surface area contributed by atoms with Crippen molar-refractivity contribution in [3.8, 4) is 0 Å². The van der Waals surface area contributed by atoms with Crippen LogP contribution in [0.15, 0.2) is 52.4 Å². The van der Waals surface area contributed by atoms with Crippen molar-refractivity contribution >= 4 is 34.3 Å². The molecule has 3 aromatic rings. The molecule has 3 rings (SSSR count). The summed E-state index contributed by atoms with van der Waals surface area (Å²) < 4.78 is 20.1. The molecule has 0 aliphatic heterocycles. The third-order valence-electron chi connectivity index (χ3n) is 4.00. The largest absolute Gasteiger partial charge is 0.383 e. The SMILES string of the molecule is COCC(C)n1c(SCc2ccc(F)cc2Cl)nc2ccccc2c1=O. The summed E-state index contributed by atoms with van der Waals surface area (Å²) in [5.41, 5.74) is 1.32. The van der Waals surface area contributed by atoms with Crippen LogP contribution >= 0.6 is 23.4 Å². The normalized spacial score (nSPS) is 12.5. The van der Waals surface area contributed by atoms with Gasteiger partial charge < -0.3 is 4.74 Å². The average molecular weight is 393 g/mol. The second-order valence-electron chi connectivity index (χ2n) is 5.92. The Hall–Kier alpha value is -1.89. The number of hydrogen-bond acceptors (Lipinski definition) is 4. The van der Waals surface area contributed by atoms with Crippen LogP contribution in [0.5, 0.6) is 0 Å². The van der Waals surface area contributed by atoms with E-state index in [1.807, 2.05) is 25.1 Å². The summed E-state index contributed by atoms with van der Waals surface area (Å²) in [5, 5.41) is 1.51. The fourth-order valence-corrected chi connectivity index (χ4v) is 4.13. The van der Waals surface area contributed by atoms with Crippen molar-refractivity contribution in [1.82, 2.24) is 9.55 Å². The fourth-order valence-electron chi connectivity index (χ4n) is 2.71. The third kappa shape index (κ3) is 3.92. The van der Waals surface area contributed by atoms with Gasteiger partial charge in [0, 0.05) is 17.9 Å². The van der Waals surface area contributed by atoms with Gasteiger partial charge in [-0.3, -0.25) is 9.36 Å². The van der Waals surface area contributed by atoms with E-state index in [-0.39, 0.29) is 17.4 Å². The van der Waals surface area contributed by atoms with Crippen LogP contribution in [0.1, 0.15) is 18.5 Å². The first kappa shape index (κ1) is 18.9. The van der Waals surface area contributed by atoms with Crippen molar-refractivity contribution in [2.75, 3.05) is 13.7 Å². The number of thioether (sulfide) groups is 1. The minimum Gasteiger partial charge on any atom is -0.383 e. The summed E-state index contributed by atoms with van der Waals surface area (Å²) >= 11 is 7.50. The number of para-hydroxylation sites is 1. The van der Waals surface area contributed by atoms with Crippen LogP contribution in [0.25, 0.3) is 10.9 Å². The Balaban J connectivity index is 2.02. The van der Waals surface area contributed by atoms with Gasteiger partial charge in [-0.2, -0.15) is 0 Å². The Kier molecular flexibility index (Phi) is 5.96. The van der Waals surface area contributed by atoms with Gasteiger partial charge in [0.2, 0.25) is 0 Å². The van der Waals surface area contributed by atoms with Gasteiger partial charge in [-0.1, -0.05) is 41.6 Å². The minimum atomic E-state index is -0.377. The predicted octanol–water partition coefficient (Wildman–Crippen LogP) is 4.69. The van der Waals surface area contributed by atoms with E-state index < -0.39 is 0 Å². The number of methoxy groups -OCH3 is 1. The van der Waals surface area contributed by atoms with Gasteiger partial charge in [0.15, 0.2) is 5.16 Å². The van der Waals surface area contributed by atoms with E-state index in [1.165, 1.54) is 23.9 Å². The maximum absolute atomic E-state index is 13.2. The predicted molar refractivity (Wildman–Crippen MR) is 104 cm³/mol. The molecule has 0 N–H and O–H groups in total. The topological polar surface area (TPSA) is 44.1 Å². The molecule has 0 saturated heterocycles. The summed E-state index contributed by atoms with van der Waals surface area (Å²) in [5.74, 6) is 0.0991. The highest BCUT2D eigenvalue weighted by molar-refractivity contribution is 7.98. The number of nitrogens with zero attached hydrogens (tertiary/aromatic N) is 2. The number of ether oxygens (including phenoxy) is 1. The summed E-state index contributed by atoms with van der Waals surface area (Å²) in [4.78, 5) is 17.6. The van der Waals surface area contributed by atoms with Gasteiger partial charge in [-0.25, -0.2) is 9.37 Å². The fraction of sp³-hybridized carbons (Fsp3) is 0.263. The van der Waals surface area contributed by atoms with Gasteiger partial charge in [0.25, 0.3) is 5.56 Å². The van der Waals surface area contributed by atoms with Crippen LogP contribution in [0.2, 0.25) is 5.02 Å². The van der Waals surface area contributed by atoms with Crippen LogP contribution in [0.3, 0.4) is 0 Å². The lowest BCUT2D eigenvalue weighted by Crippen LogP contribution is -2.28. The summed E-state index contributed by atoms with van der Waals surface area (Å²) in [6, 6.07) is 11.4. The first-order valence-electron chi connectivity index (χ1n) is 8.08. The zero-order chi connectivity index (χ0) is 18.7. The van der Waals surface area contributed by atoms with Gasteiger partial charge in [0.1, 0.15) is 5.82 Å². The van der Waals surface area contributed by atoms with E-state index in [1.54, 1.807) is 23.8 Å². The van der Waals surface area contributed by atoms with E-state index in [2.05, 4.69) is 4.98 Å².